The SMILES string of the molecule is O=C(CCn1c(=O)oc2ccccc21)NCCc1cnn(-c2ccccc2)c1. The third kappa shape index (κ3) is 3.88. The monoisotopic (exact) mass is 376 g/mol. The van der Waals surface area contributed by atoms with Gasteiger partial charge in [-0.3, -0.25) is 9.36 Å². The van der Waals surface area contributed by atoms with Crippen molar-refractivity contribution < 1.29 is 9.21 Å². The average molecular weight is 376 g/mol. The van der Waals surface area contributed by atoms with Crippen LogP contribution in [0.5, 0.6) is 0 Å². The van der Waals surface area contributed by atoms with Crippen molar-refractivity contribution in [3.05, 3.63) is 83.1 Å². The van der Waals surface area contributed by atoms with Gasteiger partial charge in [-0.15, -0.1) is 0 Å². The van der Waals surface area contributed by atoms with Gasteiger partial charge in [0.1, 0.15) is 0 Å². The molecule has 0 atom stereocenters. The van der Waals surface area contributed by atoms with Crippen molar-refractivity contribution in [1.82, 2.24) is 19.7 Å². The lowest BCUT2D eigenvalue weighted by molar-refractivity contribution is -0.121. The Kier molecular flexibility index (Phi) is 5.05. The van der Waals surface area contributed by atoms with Crippen LogP contribution in [0.15, 0.2) is 76.2 Å². The number of carbonyl (C=O) groups excluding carboxylic acids is 1. The summed E-state index contributed by atoms with van der Waals surface area (Å²) in [7, 11) is 0. The minimum absolute atomic E-state index is 0.104. The third-order valence-electron chi connectivity index (χ3n) is 4.53. The zero-order chi connectivity index (χ0) is 19.3. The predicted octanol–water partition coefficient (Wildman–Crippen LogP) is 2.53. The number of carbonyl (C=O) groups is 1. The van der Waals surface area contributed by atoms with Gasteiger partial charge in [0, 0.05) is 25.7 Å². The fourth-order valence-corrected chi connectivity index (χ4v) is 3.08. The van der Waals surface area contributed by atoms with E-state index in [1.807, 2.05) is 59.4 Å². The highest BCUT2D eigenvalue weighted by molar-refractivity contribution is 5.76. The summed E-state index contributed by atoms with van der Waals surface area (Å²) >= 11 is 0. The number of oxazole rings is 1. The number of nitrogens with one attached hydrogen (secondary N) is 1. The predicted molar refractivity (Wildman–Crippen MR) is 105 cm³/mol. The minimum Gasteiger partial charge on any atom is -0.408 e. The molecule has 4 aromatic rings. The number of aryl methyl sites for hydroxylation is 1. The van der Waals surface area contributed by atoms with E-state index in [4.69, 9.17) is 4.42 Å². The Hall–Kier alpha value is -3.61. The summed E-state index contributed by atoms with van der Waals surface area (Å²) in [6.45, 7) is 0.800. The maximum Gasteiger partial charge on any atom is 0.419 e. The minimum atomic E-state index is -0.442. The van der Waals surface area contributed by atoms with Crippen LogP contribution in [0.4, 0.5) is 0 Å². The molecule has 0 aliphatic heterocycles. The Bertz CT molecular complexity index is 1140. The molecule has 2 heterocycles. The highest BCUT2D eigenvalue weighted by Gasteiger charge is 2.10. The summed E-state index contributed by atoms with van der Waals surface area (Å²) in [5.74, 6) is -0.546. The van der Waals surface area contributed by atoms with Crippen molar-refractivity contribution in [3.63, 3.8) is 0 Å². The normalized spacial score (nSPS) is 11.0. The van der Waals surface area contributed by atoms with E-state index in [0.29, 0.717) is 24.1 Å². The molecule has 0 spiro atoms. The van der Waals surface area contributed by atoms with Gasteiger partial charge in [-0.05, 0) is 36.2 Å². The van der Waals surface area contributed by atoms with Crippen LogP contribution in [0.1, 0.15) is 12.0 Å². The van der Waals surface area contributed by atoms with E-state index in [-0.39, 0.29) is 18.9 Å². The zero-order valence-corrected chi connectivity index (χ0v) is 15.2. The fourth-order valence-electron chi connectivity index (χ4n) is 3.08. The van der Waals surface area contributed by atoms with E-state index in [1.165, 1.54) is 4.57 Å². The van der Waals surface area contributed by atoms with Crippen LogP contribution in [0, 0.1) is 0 Å². The summed E-state index contributed by atoms with van der Waals surface area (Å²) in [4.78, 5) is 24.0. The molecule has 2 aromatic carbocycles. The van der Waals surface area contributed by atoms with E-state index in [1.54, 1.807) is 12.3 Å². The van der Waals surface area contributed by atoms with Gasteiger partial charge in [0.2, 0.25) is 5.91 Å². The highest BCUT2D eigenvalue weighted by Crippen LogP contribution is 2.12. The number of hydrogen-bond donors (Lipinski definition) is 1. The molecule has 0 fully saturated rings. The molecule has 142 valence electrons. The maximum absolute atomic E-state index is 12.1. The summed E-state index contributed by atoms with van der Waals surface area (Å²) in [6, 6.07) is 17.1. The molecule has 0 aliphatic carbocycles. The second kappa shape index (κ2) is 7.96. The number of aromatic nitrogens is 3. The molecule has 1 N–H and O–H groups in total. The quantitative estimate of drug-likeness (QED) is 0.537. The first-order chi connectivity index (χ1) is 13.7. The molecule has 2 aromatic heterocycles. The lowest BCUT2D eigenvalue weighted by Crippen LogP contribution is -2.27. The number of para-hydroxylation sites is 3. The Labute approximate surface area is 161 Å². The van der Waals surface area contributed by atoms with Gasteiger partial charge in [-0.1, -0.05) is 30.3 Å². The van der Waals surface area contributed by atoms with Crippen molar-refractivity contribution in [1.29, 1.82) is 0 Å². The molecule has 0 saturated carbocycles. The molecule has 0 radical (unpaired) electrons. The lowest BCUT2D eigenvalue weighted by Gasteiger charge is -2.05. The van der Waals surface area contributed by atoms with Crippen molar-refractivity contribution in [2.75, 3.05) is 6.54 Å². The summed E-state index contributed by atoms with van der Waals surface area (Å²) in [5, 5.41) is 7.24. The summed E-state index contributed by atoms with van der Waals surface area (Å²) in [6.07, 6.45) is 4.66. The fraction of sp³-hybridized carbons (Fsp3) is 0.190. The summed E-state index contributed by atoms with van der Waals surface area (Å²) in [5.41, 5.74) is 3.27. The van der Waals surface area contributed by atoms with Gasteiger partial charge in [0.15, 0.2) is 5.58 Å². The number of hydrogen-bond acceptors (Lipinski definition) is 4. The molecule has 1 amide bonds. The topological polar surface area (TPSA) is 82.1 Å². The van der Waals surface area contributed by atoms with Gasteiger partial charge in [0.05, 0.1) is 17.4 Å². The van der Waals surface area contributed by atoms with E-state index in [0.717, 1.165) is 11.3 Å². The first-order valence-electron chi connectivity index (χ1n) is 9.15. The zero-order valence-electron chi connectivity index (χ0n) is 15.2. The van der Waals surface area contributed by atoms with Crippen LogP contribution in [-0.2, 0) is 17.8 Å². The number of benzene rings is 2. The van der Waals surface area contributed by atoms with E-state index in [9.17, 15) is 9.59 Å². The van der Waals surface area contributed by atoms with Crippen LogP contribution in [-0.4, -0.2) is 26.8 Å². The van der Waals surface area contributed by atoms with Gasteiger partial charge < -0.3 is 9.73 Å². The van der Waals surface area contributed by atoms with Crippen LogP contribution in [0.2, 0.25) is 0 Å². The third-order valence-corrected chi connectivity index (χ3v) is 4.53. The van der Waals surface area contributed by atoms with E-state index in [2.05, 4.69) is 10.4 Å². The van der Waals surface area contributed by atoms with Crippen LogP contribution < -0.4 is 11.1 Å². The van der Waals surface area contributed by atoms with Crippen LogP contribution >= 0.6 is 0 Å². The molecule has 7 heteroatoms. The Morgan fingerprint density at radius 3 is 2.71 bits per heavy atom. The Morgan fingerprint density at radius 2 is 1.86 bits per heavy atom. The van der Waals surface area contributed by atoms with Crippen LogP contribution in [0.25, 0.3) is 16.8 Å². The van der Waals surface area contributed by atoms with Gasteiger partial charge in [-0.25, -0.2) is 9.48 Å². The second-order valence-corrected chi connectivity index (χ2v) is 6.47. The van der Waals surface area contributed by atoms with Gasteiger partial charge in [0.25, 0.3) is 0 Å². The second-order valence-electron chi connectivity index (χ2n) is 6.47. The van der Waals surface area contributed by atoms with Crippen molar-refractivity contribution >= 4 is 17.0 Å². The number of amides is 1. The van der Waals surface area contributed by atoms with Gasteiger partial charge in [-0.2, -0.15) is 5.10 Å². The molecule has 7 nitrogen and oxygen atoms in total. The molecule has 0 unspecified atom stereocenters. The van der Waals surface area contributed by atoms with Gasteiger partial charge >= 0.3 is 5.76 Å². The van der Waals surface area contributed by atoms with E-state index >= 15 is 0 Å². The molecular weight excluding hydrogens is 356 g/mol. The number of fused-ring (bicyclic) bond motifs is 1. The molecule has 0 saturated heterocycles. The van der Waals surface area contributed by atoms with Crippen molar-refractivity contribution in [2.45, 2.75) is 19.4 Å². The molecule has 28 heavy (non-hydrogen) atoms. The molecule has 0 bridgehead atoms. The molecular formula is C21H20N4O3. The lowest BCUT2D eigenvalue weighted by atomic mass is 10.2. The Balaban J connectivity index is 1.28. The molecule has 0 aliphatic rings. The largest absolute Gasteiger partial charge is 0.419 e. The maximum atomic E-state index is 12.1. The number of nitrogens with zero attached hydrogens (tertiary/aromatic N) is 3. The summed E-state index contributed by atoms with van der Waals surface area (Å²) < 4.78 is 8.47. The standard InChI is InChI=1S/C21H20N4O3/c26-20(11-13-24-18-8-4-5-9-19(18)28-21(24)27)22-12-10-16-14-23-25(15-16)17-6-2-1-3-7-17/h1-9,14-15H,10-13H2,(H,22,26). The van der Waals surface area contributed by atoms with Crippen LogP contribution in [0.3, 0.4) is 0 Å². The van der Waals surface area contributed by atoms with E-state index < -0.39 is 5.76 Å². The van der Waals surface area contributed by atoms with Crippen molar-refractivity contribution in [2.24, 2.45) is 0 Å². The smallest absolute Gasteiger partial charge is 0.408 e. The Morgan fingerprint density at radius 1 is 1.07 bits per heavy atom. The highest BCUT2D eigenvalue weighted by atomic mass is 16.4. The first-order valence-corrected chi connectivity index (χ1v) is 9.15. The average Bonchev–Trinajstić information content (AvgIpc) is 3.31. The molecule has 4 rings (SSSR count). The van der Waals surface area contributed by atoms with Crippen molar-refractivity contribution in [3.8, 4) is 5.69 Å². The number of rotatable bonds is 7. The first kappa shape index (κ1) is 17.8.